The zero-order chi connectivity index (χ0) is 11.7. The van der Waals surface area contributed by atoms with Gasteiger partial charge in [-0.05, 0) is 42.0 Å². The molecule has 0 fully saturated rings. The molecule has 3 rings (SSSR count). The lowest BCUT2D eigenvalue weighted by molar-refractivity contribution is 0.834. The average Bonchev–Trinajstić information content (AvgIpc) is 2.73. The van der Waals surface area contributed by atoms with Gasteiger partial charge in [0.25, 0.3) is 0 Å². The third-order valence-electron chi connectivity index (χ3n) is 2.84. The summed E-state index contributed by atoms with van der Waals surface area (Å²) in [7, 11) is 0. The third kappa shape index (κ3) is 2.11. The zero-order valence-corrected chi connectivity index (χ0v) is 10.8. The van der Waals surface area contributed by atoms with Crippen molar-refractivity contribution in [2.45, 2.75) is 6.54 Å². The minimum atomic E-state index is 0.883. The number of nitrogens with zero attached hydrogens (tertiary/aromatic N) is 2. The average molecular weight is 287 g/mol. The molecule has 0 atom stereocenters. The van der Waals surface area contributed by atoms with Crippen molar-refractivity contribution in [1.29, 1.82) is 0 Å². The summed E-state index contributed by atoms with van der Waals surface area (Å²) in [6.45, 7) is 0.883. The lowest BCUT2D eigenvalue weighted by Gasteiger charge is -2.05. The maximum atomic E-state index is 4.03. The number of fused-ring (bicyclic) bond motifs is 1. The number of hydrogen-bond acceptors (Lipinski definition) is 1. The van der Waals surface area contributed by atoms with Gasteiger partial charge in [0.1, 0.15) is 0 Å². The number of hydrogen-bond donors (Lipinski definition) is 0. The molecular formula is C14H11BrN2. The molecule has 0 saturated heterocycles. The number of halogens is 1. The monoisotopic (exact) mass is 286 g/mol. The van der Waals surface area contributed by atoms with Crippen LogP contribution >= 0.6 is 15.9 Å². The van der Waals surface area contributed by atoms with Gasteiger partial charge in [-0.2, -0.15) is 0 Å². The summed E-state index contributed by atoms with van der Waals surface area (Å²) in [6, 6.07) is 12.6. The zero-order valence-electron chi connectivity index (χ0n) is 9.18. The predicted octanol–water partition coefficient (Wildman–Crippen LogP) is 3.85. The molecule has 84 valence electrons. The smallest absolute Gasteiger partial charge is 0.0484 e. The summed E-state index contributed by atoms with van der Waals surface area (Å²) in [5.74, 6) is 0. The molecule has 0 unspecified atom stereocenters. The fraction of sp³-hybridized carbons (Fsp3) is 0.0714. The molecule has 0 radical (unpaired) electrons. The Labute approximate surface area is 108 Å². The molecule has 2 heterocycles. The van der Waals surface area contributed by atoms with E-state index < -0.39 is 0 Å². The van der Waals surface area contributed by atoms with E-state index in [1.54, 1.807) is 0 Å². The Morgan fingerprint density at radius 1 is 1.06 bits per heavy atom. The maximum Gasteiger partial charge on any atom is 0.0484 e. The van der Waals surface area contributed by atoms with Gasteiger partial charge in [-0.3, -0.25) is 4.98 Å². The summed E-state index contributed by atoms with van der Waals surface area (Å²) in [5.41, 5.74) is 2.52. The van der Waals surface area contributed by atoms with Crippen LogP contribution < -0.4 is 0 Å². The first kappa shape index (κ1) is 10.5. The molecule has 0 amide bonds. The van der Waals surface area contributed by atoms with Crippen LogP contribution in [0.4, 0.5) is 0 Å². The van der Waals surface area contributed by atoms with Crippen LogP contribution in [0, 0.1) is 0 Å². The summed E-state index contributed by atoms with van der Waals surface area (Å²) in [5, 5.41) is 1.26. The van der Waals surface area contributed by atoms with Crippen LogP contribution in [0.3, 0.4) is 0 Å². The second-order valence-corrected chi connectivity index (χ2v) is 4.92. The second kappa shape index (κ2) is 4.34. The van der Waals surface area contributed by atoms with Gasteiger partial charge in [-0.1, -0.05) is 15.9 Å². The van der Waals surface area contributed by atoms with Gasteiger partial charge in [0.05, 0.1) is 0 Å². The van der Waals surface area contributed by atoms with Gasteiger partial charge < -0.3 is 4.57 Å². The number of benzene rings is 1. The lowest BCUT2D eigenvalue weighted by atomic mass is 10.2. The molecule has 0 saturated carbocycles. The van der Waals surface area contributed by atoms with E-state index in [-0.39, 0.29) is 0 Å². The Morgan fingerprint density at radius 2 is 1.88 bits per heavy atom. The molecule has 3 aromatic rings. The molecule has 2 aromatic heterocycles. The van der Waals surface area contributed by atoms with Crippen LogP contribution in [0.2, 0.25) is 0 Å². The molecule has 1 aromatic carbocycles. The van der Waals surface area contributed by atoms with Gasteiger partial charge in [-0.25, -0.2) is 0 Å². The molecule has 0 aliphatic rings. The van der Waals surface area contributed by atoms with E-state index in [4.69, 9.17) is 0 Å². The van der Waals surface area contributed by atoms with Crippen LogP contribution in [-0.2, 0) is 6.54 Å². The van der Waals surface area contributed by atoms with Crippen LogP contribution in [0.15, 0.2) is 59.5 Å². The molecule has 3 heteroatoms. The van der Waals surface area contributed by atoms with E-state index in [0.29, 0.717) is 0 Å². The fourth-order valence-electron chi connectivity index (χ4n) is 1.99. The highest BCUT2D eigenvalue weighted by molar-refractivity contribution is 9.10. The molecule has 0 bridgehead atoms. The molecule has 0 aliphatic carbocycles. The van der Waals surface area contributed by atoms with E-state index >= 15 is 0 Å². The molecule has 17 heavy (non-hydrogen) atoms. The Bertz CT molecular complexity index is 644. The summed E-state index contributed by atoms with van der Waals surface area (Å²) in [4.78, 5) is 4.03. The molecule has 0 spiro atoms. The van der Waals surface area contributed by atoms with Crippen molar-refractivity contribution >= 4 is 26.8 Å². The van der Waals surface area contributed by atoms with Crippen molar-refractivity contribution in [3.63, 3.8) is 0 Å². The van der Waals surface area contributed by atoms with Gasteiger partial charge in [0.15, 0.2) is 0 Å². The first-order chi connectivity index (χ1) is 8.33. The van der Waals surface area contributed by atoms with Crippen molar-refractivity contribution in [2.24, 2.45) is 0 Å². The second-order valence-electron chi connectivity index (χ2n) is 4.00. The van der Waals surface area contributed by atoms with Gasteiger partial charge in [0, 0.05) is 40.5 Å². The minimum absolute atomic E-state index is 0.883. The van der Waals surface area contributed by atoms with E-state index in [0.717, 1.165) is 11.0 Å². The molecule has 0 N–H and O–H groups in total. The first-order valence-corrected chi connectivity index (χ1v) is 6.25. The van der Waals surface area contributed by atoms with Crippen molar-refractivity contribution in [2.75, 3.05) is 0 Å². The highest BCUT2D eigenvalue weighted by atomic mass is 79.9. The standard InChI is InChI=1S/C14H11BrN2/c15-13-1-2-14-12(9-13)5-8-17(14)10-11-3-6-16-7-4-11/h1-9H,10H2. The van der Waals surface area contributed by atoms with Crippen molar-refractivity contribution in [1.82, 2.24) is 9.55 Å². The summed E-state index contributed by atoms with van der Waals surface area (Å²) in [6.07, 6.45) is 5.78. The van der Waals surface area contributed by atoms with Crippen molar-refractivity contribution in [3.05, 3.63) is 65.0 Å². The van der Waals surface area contributed by atoms with Crippen molar-refractivity contribution in [3.8, 4) is 0 Å². The van der Waals surface area contributed by atoms with Crippen LogP contribution in [-0.4, -0.2) is 9.55 Å². The van der Waals surface area contributed by atoms with Gasteiger partial charge in [0.2, 0.25) is 0 Å². The van der Waals surface area contributed by atoms with Crippen LogP contribution in [0.1, 0.15) is 5.56 Å². The van der Waals surface area contributed by atoms with E-state index in [9.17, 15) is 0 Å². The SMILES string of the molecule is Brc1ccc2c(ccn2Cc2ccncc2)c1. The quantitative estimate of drug-likeness (QED) is 0.700. The molecule has 0 aliphatic heterocycles. The normalized spacial score (nSPS) is 10.9. The van der Waals surface area contributed by atoms with Crippen LogP contribution in [0.25, 0.3) is 10.9 Å². The van der Waals surface area contributed by atoms with E-state index in [1.807, 2.05) is 24.5 Å². The largest absolute Gasteiger partial charge is 0.343 e. The highest BCUT2D eigenvalue weighted by Crippen LogP contribution is 2.21. The Morgan fingerprint density at radius 3 is 2.71 bits per heavy atom. The number of pyridine rings is 1. The predicted molar refractivity (Wildman–Crippen MR) is 73.0 cm³/mol. The minimum Gasteiger partial charge on any atom is -0.343 e. The van der Waals surface area contributed by atoms with E-state index in [2.05, 4.69) is 55.9 Å². The van der Waals surface area contributed by atoms with Crippen LogP contribution in [0.5, 0.6) is 0 Å². The Kier molecular flexibility index (Phi) is 2.69. The van der Waals surface area contributed by atoms with Crippen molar-refractivity contribution < 1.29 is 0 Å². The summed E-state index contributed by atoms with van der Waals surface area (Å²) < 4.78 is 3.36. The first-order valence-electron chi connectivity index (χ1n) is 5.46. The van der Waals surface area contributed by atoms with Gasteiger partial charge >= 0.3 is 0 Å². The Hall–Kier alpha value is -1.61. The third-order valence-corrected chi connectivity index (χ3v) is 3.33. The molecule has 2 nitrogen and oxygen atoms in total. The molecular weight excluding hydrogens is 276 g/mol. The van der Waals surface area contributed by atoms with Gasteiger partial charge in [-0.15, -0.1) is 0 Å². The fourth-order valence-corrected chi connectivity index (χ4v) is 2.37. The summed E-state index contributed by atoms with van der Waals surface area (Å²) >= 11 is 3.49. The lowest BCUT2D eigenvalue weighted by Crippen LogP contribution is -1.97. The topological polar surface area (TPSA) is 17.8 Å². The highest BCUT2D eigenvalue weighted by Gasteiger charge is 2.01. The number of rotatable bonds is 2. The number of aromatic nitrogens is 2. The van der Waals surface area contributed by atoms with E-state index in [1.165, 1.54) is 16.5 Å². The Balaban J connectivity index is 2.01. The maximum absolute atomic E-state index is 4.03.